The number of rotatable bonds is 12. The SMILES string of the molecule is CC(C)=CCC/C(C)=C/COP(=O)(O)OP(=O)(O)OC[C@H]1O[C@@H](n2cnc3c(N)ncnc32)[C@H](O)[C@@H]1O. The number of aromatic nitrogens is 4. The van der Waals surface area contributed by atoms with Crippen molar-refractivity contribution in [3.63, 3.8) is 0 Å². The predicted octanol–water partition coefficient (Wildman–Crippen LogP) is 1.97. The highest BCUT2D eigenvalue weighted by Gasteiger charge is 2.46. The number of hydrogen-bond donors (Lipinski definition) is 5. The van der Waals surface area contributed by atoms with Crippen molar-refractivity contribution in [1.82, 2.24) is 19.5 Å². The van der Waals surface area contributed by atoms with Crippen LogP contribution in [0.1, 0.15) is 39.8 Å². The van der Waals surface area contributed by atoms with Gasteiger partial charge in [-0.15, -0.1) is 0 Å². The van der Waals surface area contributed by atoms with Crippen LogP contribution in [0.5, 0.6) is 0 Å². The molecular formula is C20H31N5O10P2. The van der Waals surface area contributed by atoms with Gasteiger partial charge in [-0.05, 0) is 33.6 Å². The first kappa shape index (κ1) is 29.5. The van der Waals surface area contributed by atoms with E-state index in [1.165, 1.54) is 22.8 Å². The Kier molecular flexibility index (Phi) is 9.75. The van der Waals surface area contributed by atoms with E-state index >= 15 is 0 Å². The molecule has 1 aliphatic rings. The van der Waals surface area contributed by atoms with Crippen molar-refractivity contribution in [2.24, 2.45) is 0 Å². The topological polar surface area (TPSA) is 222 Å². The molecule has 1 fully saturated rings. The van der Waals surface area contributed by atoms with Crippen LogP contribution in [0.2, 0.25) is 0 Å². The average molecular weight is 563 g/mol. The molecule has 37 heavy (non-hydrogen) atoms. The first-order chi connectivity index (χ1) is 17.3. The third-order valence-electron chi connectivity index (χ3n) is 5.37. The number of aliphatic hydroxyl groups is 2. The Morgan fingerprint density at radius 3 is 2.51 bits per heavy atom. The number of aliphatic hydroxyl groups excluding tert-OH is 2. The number of allylic oxidation sites excluding steroid dienone is 3. The number of nitrogens with two attached hydrogens (primary N) is 1. The standard InChI is InChI=1S/C20H31N5O10P2/c1-12(2)5-4-6-13(3)7-8-32-36(28,29)35-37(30,31)33-9-14-16(26)17(27)20(34-14)25-11-24-15-18(21)22-10-23-19(15)25/h5,7,10-11,14,16-17,20,26-27H,4,6,8-9H2,1-3H3,(H,28,29)(H,30,31)(H2,21,22,23)/b13-7+/t14-,16-,17-,20-/m1/s1. The Bertz CT molecular complexity index is 1250. The van der Waals surface area contributed by atoms with Gasteiger partial charge in [-0.1, -0.05) is 23.3 Å². The first-order valence-corrected chi connectivity index (χ1v) is 14.2. The van der Waals surface area contributed by atoms with Crippen LogP contribution in [0.25, 0.3) is 11.2 Å². The zero-order valence-corrected chi connectivity index (χ0v) is 22.2. The second kappa shape index (κ2) is 12.2. The van der Waals surface area contributed by atoms with Crippen molar-refractivity contribution in [2.75, 3.05) is 18.9 Å². The summed E-state index contributed by atoms with van der Waals surface area (Å²) in [7, 11) is -10.1. The minimum atomic E-state index is -5.13. The second-order valence-corrected chi connectivity index (χ2v) is 11.7. The van der Waals surface area contributed by atoms with Gasteiger partial charge in [-0.2, -0.15) is 4.31 Å². The smallest absolute Gasteiger partial charge is 0.387 e. The summed E-state index contributed by atoms with van der Waals surface area (Å²) in [4.78, 5) is 31.6. The fourth-order valence-corrected chi connectivity index (χ4v) is 5.48. The Labute approximate surface area is 212 Å². The van der Waals surface area contributed by atoms with Gasteiger partial charge in [0.2, 0.25) is 0 Å². The van der Waals surface area contributed by atoms with Crippen molar-refractivity contribution in [2.45, 2.75) is 58.2 Å². The molecule has 6 atom stereocenters. The number of phosphoric ester groups is 2. The summed E-state index contributed by atoms with van der Waals surface area (Å²) in [5.41, 5.74) is 8.28. The van der Waals surface area contributed by atoms with Gasteiger partial charge in [0, 0.05) is 0 Å². The van der Waals surface area contributed by atoms with Crippen molar-refractivity contribution >= 4 is 32.6 Å². The molecule has 0 saturated carbocycles. The zero-order chi connectivity index (χ0) is 27.4. The summed E-state index contributed by atoms with van der Waals surface area (Å²) in [6.07, 6.45) is 1.99. The van der Waals surface area contributed by atoms with Crippen LogP contribution in [-0.4, -0.2) is 71.0 Å². The minimum absolute atomic E-state index is 0.0973. The first-order valence-electron chi connectivity index (χ1n) is 11.2. The highest BCUT2D eigenvalue weighted by atomic mass is 31.3. The lowest BCUT2D eigenvalue weighted by Gasteiger charge is -2.19. The number of imidazole rings is 1. The van der Waals surface area contributed by atoms with E-state index in [-0.39, 0.29) is 23.6 Å². The van der Waals surface area contributed by atoms with E-state index in [4.69, 9.17) is 19.5 Å². The van der Waals surface area contributed by atoms with Gasteiger partial charge >= 0.3 is 15.6 Å². The van der Waals surface area contributed by atoms with Crippen LogP contribution >= 0.6 is 15.6 Å². The maximum absolute atomic E-state index is 12.2. The molecule has 3 heterocycles. The van der Waals surface area contributed by atoms with Crippen LogP contribution < -0.4 is 5.73 Å². The average Bonchev–Trinajstić information content (AvgIpc) is 3.33. The summed E-state index contributed by atoms with van der Waals surface area (Å²) in [5, 5.41) is 20.8. The Balaban J connectivity index is 1.54. The van der Waals surface area contributed by atoms with Crippen molar-refractivity contribution in [3.8, 4) is 0 Å². The molecule has 0 spiro atoms. The Morgan fingerprint density at radius 2 is 1.81 bits per heavy atom. The lowest BCUT2D eigenvalue weighted by Crippen LogP contribution is -2.33. The largest absolute Gasteiger partial charge is 0.481 e. The van der Waals surface area contributed by atoms with Gasteiger partial charge in [-0.3, -0.25) is 13.6 Å². The molecule has 1 saturated heterocycles. The number of nitrogen functional groups attached to an aromatic ring is 1. The highest BCUT2D eigenvalue weighted by molar-refractivity contribution is 7.61. The minimum Gasteiger partial charge on any atom is -0.387 e. The number of phosphoric acid groups is 2. The lowest BCUT2D eigenvalue weighted by molar-refractivity contribution is -0.0503. The number of nitrogens with zero attached hydrogens (tertiary/aromatic N) is 4. The summed E-state index contributed by atoms with van der Waals surface area (Å²) in [5.74, 6) is 0.0973. The molecule has 0 amide bonds. The lowest BCUT2D eigenvalue weighted by atomic mass is 10.1. The molecule has 0 bridgehead atoms. The maximum atomic E-state index is 12.2. The van der Waals surface area contributed by atoms with Crippen LogP contribution in [0, 0.1) is 0 Å². The molecule has 0 aliphatic carbocycles. The summed E-state index contributed by atoms with van der Waals surface area (Å²) in [6.45, 7) is 4.67. The summed E-state index contributed by atoms with van der Waals surface area (Å²) < 4.78 is 45.0. The molecule has 0 aromatic carbocycles. The van der Waals surface area contributed by atoms with Crippen molar-refractivity contribution in [1.29, 1.82) is 0 Å². The van der Waals surface area contributed by atoms with Gasteiger partial charge in [0.05, 0.1) is 19.5 Å². The van der Waals surface area contributed by atoms with Crippen molar-refractivity contribution < 1.29 is 47.2 Å². The Morgan fingerprint density at radius 1 is 1.11 bits per heavy atom. The van der Waals surface area contributed by atoms with Crippen LogP contribution in [0.3, 0.4) is 0 Å². The quantitative estimate of drug-likeness (QED) is 0.184. The molecule has 206 valence electrons. The third-order valence-corrected chi connectivity index (χ3v) is 7.97. The molecule has 15 nitrogen and oxygen atoms in total. The molecule has 17 heteroatoms. The van der Waals surface area contributed by atoms with Gasteiger partial charge in [0.25, 0.3) is 0 Å². The maximum Gasteiger partial charge on any atom is 0.481 e. The van der Waals surface area contributed by atoms with Gasteiger partial charge in [-0.25, -0.2) is 24.1 Å². The number of hydrogen-bond acceptors (Lipinski definition) is 12. The predicted molar refractivity (Wildman–Crippen MR) is 131 cm³/mol. The van der Waals surface area contributed by atoms with Crippen LogP contribution in [-0.2, 0) is 27.2 Å². The van der Waals surface area contributed by atoms with E-state index in [1.807, 2.05) is 26.8 Å². The normalized spacial score (nSPS) is 25.6. The van der Waals surface area contributed by atoms with Gasteiger partial charge in [0.1, 0.15) is 30.2 Å². The van der Waals surface area contributed by atoms with Crippen LogP contribution in [0.15, 0.2) is 36.0 Å². The van der Waals surface area contributed by atoms with E-state index in [2.05, 4.69) is 19.3 Å². The fourth-order valence-electron chi connectivity index (χ4n) is 3.46. The van der Waals surface area contributed by atoms with Gasteiger partial charge in [0.15, 0.2) is 17.7 Å². The molecule has 2 aromatic rings. The molecule has 1 aliphatic heterocycles. The summed E-state index contributed by atoms with van der Waals surface area (Å²) in [6, 6.07) is 0. The molecule has 3 rings (SSSR count). The van der Waals surface area contributed by atoms with E-state index in [9.17, 15) is 29.1 Å². The molecule has 2 unspecified atom stereocenters. The van der Waals surface area contributed by atoms with Crippen LogP contribution in [0.4, 0.5) is 5.82 Å². The summed E-state index contributed by atoms with van der Waals surface area (Å²) >= 11 is 0. The molecule has 0 radical (unpaired) electrons. The molecular weight excluding hydrogens is 532 g/mol. The van der Waals surface area contributed by atoms with E-state index < -0.39 is 46.8 Å². The third kappa shape index (κ3) is 7.98. The highest BCUT2D eigenvalue weighted by Crippen LogP contribution is 2.60. The Hall–Kier alpha value is -2.03. The zero-order valence-electron chi connectivity index (χ0n) is 20.4. The van der Waals surface area contributed by atoms with E-state index in [0.29, 0.717) is 6.42 Å². The second-order valence-electron chi connectivity index (χ2n) is 8.61. The monoisotopic (exact) mass is 563 g/mol. The molecule has 6 N–H and O–H groups in total. The van der Waals surface area contributed by atoms with Gasteiger partial charge < -0.3 is 30.5 Å². The fraction of sp³-hybridized carbons (Fsp3) is 0.550. The van der Waals surface area contributed by atoms with Crippen molar-refractivity contribution in [3.05, 3.63) is 36.0 Å². The number of anilines is 1. The number of ether oxygens (including phenoxy) is 1. The number of fused-ring (bicyclic) bond motifs is 1. The van der Waals surface area contributed by atoms with E-state index in [1.54, 1.807) is 6.08 Å². The molecule has 2 aromatic heterocycles. The van der Waals surface area contributed by atoms with E-state index in [0.717, 1.165) is 12.0 Å².